The van der Waals surface area contributed by atoms with Gasteiger partial charge in [-0.25, -0.2) is 0 Å². The van der Waals surface area contributed by atoms with Gasteiger partial charge in [-0.05, 0) is 13.3 Å². The van der Waals surface area contributed by atoms with E-state index in [0.717, 1.165) is 19.6 Å². The van der Waals surface area contributed by atoms with Gasteiger partial charge >= 0.3 is 0 Å². The summed E-state index contributed by atoms with van der Waals surface area (Å²) >= 11 is 0. The van der Waals surface area contributed by atoms with Crippen molar-refractivity contribution in [2.75, 3.05) is 13.2 Å². The van der Waals surface area contributed by atoms with Crippen molar-refractivity contribution in [2.45, 2.75) is 71.0 Å². The Hall–Kier alpha value is -0.0800. The topological polar surface area (TPSA) is 18.5 Å². The summed E-state index contributed by atoms with van der Waals surface area (Å²) in [6, 6.07) is 0. The molecule has 15 heavy (non-hydrogen) atoms. The minimum Gasteiger partial charge on any atom is -0.348 e. The van der Waals surface area contributed by atoms with Gasteiger partial charge in [-0.2, -0.15) is 0 Å². The molecule has 1 fully saturated rings. The number of rotatable bonds is 8. The Labute approximate surface area is 94.3 Å². The Morgan fingerprint density at radius 2 is 1.40 bits per heavy atom. The van der Waals surface area contributed by atoms with E-state index in [2.05, 4.69) is 13.8 Å². The Morgan fingerprint density at radius 1 is 0.867 bits per heavy atom. The highest BCUT2D eigenvalue weighted by Crippen LogP contribution is 2.25. The first kappa shape index (κ1) is 13.0. The van der Waals surface area contributed by atoms with Gasteiger partial charge in [0.1, 0.15) is 0 Å². The van der Waals surface area contributed by atoms with E-state index in [4.69, 9.17) is 9.47 Å². The molecule has 0 aromatic carbocycles. The van der Waals surface area contributed by atoms with Crippen LogP contribution in [0.5, 0.6) is 0 Å². The standard InChI is InChI=1S/C13H26O2/c1-3-4-5-6-7-8-9-10-13(2)14-11-12-15-13/h3-12H2,1-2H3. The molecule has 0 aromatic rings. The summed E-state index contributed by atoms with van der Waals surface area (Å²) in [6.45, 7) is 5.87. The third-order valence-electron chi connectivity index (χ3n) is 3.13. The van der Waals surface area contributed by atoms with Crippen LogP contribution in [0.25, 0.3) is 0 Å². The van der Waals surface area contributed by atoms with Crippen LogP contribution in [0, 0.1) is 0 Å². The van der Waals surface area contributed by atoms with E-state index >= 15 is 0 Å². The van der Waals surface area contributed by atoms with Crippen LogP contribution in [0.3, 0.4) is 0 Å². The minimum atomic E-state index is -0.260. The second-order valence-corrected chi connectivity index (χ2v) is 4.70. The zero-order valence-electron chi connectivity index (χ0n) is 10.4. The maximum atomic E-state index is 5.56. The fraction of sp³-hybridized carbons (Fsp3) is 1.00. The zero-order valence-corrected chi connectivity index (χ0v) is 10.4. The van der Waals surface area contributed by atoms with Crippen molar-refractivity contribution in [3.05, 3.63) is 0 Å². The largest absolute Gasteiger partial charge is 0.348 e. The van der Waals surface area contributed by atoms with Gasteiger partial charge in [0.05, 0.1) is 13.2 Å². The second-order valence-electron chi connectivity index (χ2n) is 4.70. The first-order valence-corrected chi connectivity index (χ1v) is 6.55. The van der Waals surface area contributed by atoms with Gasteiger partial charge < -0.3 is 9.47 Å². The molecule has 0 aliphatic carbocycles. The fourth-order valence-corrected chi connectivity index (χ4v) is 2.10. The molecule has 1 saturated heterocycles. The maximum absolute atomic E-state index is 5.56. The van der Waals surface area contributed by atoms with Crippen molar-refractivity contribution in [3.8, 4) is 0 Å². The van der Waals surface area contributed by atoms with Crippen LogP contribution in [0.1, 0.15) is 65.2 Å². The molecule has 1 heterocycles. The van der Waals surface area contributed by atoms with Crippen LogP contribution < -0.4 is 0 Å². The van der Waals surface area contributed by atoms with Crippen molar-refractivity contribution in [1.29, 1.82) is 0 Å². The van der Waals surface area contributed by atoms with E-state index in [1.807, 2.05) is 0 Å². The van der Waals surface area contributed by atoms with E-state index < -0.39 is 0 Å². The summed E-state index contributed by atoms with van der Waals surface area (Å²) < 4.78 is 11.1. The Kier molecular flexibility index (Phi) is 6.26. The number of hydrogen-bond acceptors (Lipinski definition) is 2. The first-order chi connectivity index (χ1) is 7.27. The van der Waals surface area contributed by atoms with E-state index in [0.29, 0.717) is 0 Å². The quantitative estimate of drug-likeness (QED) is 0.571. The van der Waals surface area contributed by atoms with Crippen molar-refractivity contribution < 1.29 is 9.47 Å². The summed E-state index contributed by atoms with van der Waals surface area (Å²) in [4.78, 5) is 0. The van der Waals surface area contributed by atoms with Gasteiger partial charge in [0.25, 0.3) is 0 Å². The van der Waals surface area contributed by atoms with Gasteiger partial charge in [0.2, 0.25) is 0 Å². The molecule has 0 radical (unpaired) electrons. The molecule has 2 nitrogen and oxygen atoms in total. The van der Waals surface area contributed by atoms with Crippen LogP contribution in [-0.4, -0.2) is 19.0 Å². The van der Waals surface area contributed by atoms with Crippen molar-refractivity contribution in [3.63, 3.8) is 0 Å². The molecule has 0 N–H and O–H groups in total. The highest BCUT2D eigenvalue weighted by Gasteiger charge is 2.29. The monoisotopic (exact) mass is 214 g/mol. The zero-order chi connectivity index (χ0) is 11.0. The molecule has 0 aromatic heterocycles. The van der Waals surface area contributed by atoms with Gasteiger partial charge in [-0.3, -0.25) is 0 Å². The average Bonchev–Trinajstić information content (AvgIpc) is 2.64. The smallest absolute Gasteiger partial charge is 0.165 e. The van der Waals surface area contributed by atoms with Crippen LogP contribution in [0.15, 0.2) is 0 Å². The molecule has 1 aliphatic rings. The average molecular weight is 214 g/mol. The summed E-state index contributed by atoms with van der Waals surface area (Å²) in [6.07, 6.45) is 10.5. The SMILES string of the molecule is CCCCCCCCCC1(C)OCCO1. The van der Waals surface area contributed by atoms with E-state index in [1.165, 1.54) is 44.9 Å². The highest BCUT2D eigenvalue weighted by atomic mass is 16.7. The minimum absolute atomic E-state index is 0.260. The molecule has 0 unspecified atom stereocenters. The predicted molar refractivity (Wildman–Crippen MR) is 62.9 cm³/mol. The van der Waals surface area contributed by atoms with Crippen LogP contribution >= 0.6 is 0 Å². The fourth-order valence-electron chi connectivity index (χ4n) is 2.10. The van der Waals surface area contributed by atoms with Crippen LogP contribution in [0.2, 0.25) is 0 Å². The number of hydrogen-bond donors (Lipinski definition) is 0. The molecular weight excluding hydrogens is 188 g/mol. The van der Waals surface area contributed by atoms with E-state index in [-0.39, 0.29) is 5.79 Å². The van der Waals surface area contributed by atoms with Crippen molar-refractivity contribution in [1.82, 2.24) is 0 Å². The maximum Gasteiger partial charge on any atom is 0.165 e. The van der Waals surface area contributed by atoms with E-state index in [1.54, 1.807) is 0 Å². The normalized spacial score (nSPS) is 19.6. The number of ether oxygens (including phenoxy) is 2. The molecule has 0 saturated carbocycles. The number of unbranched alkanes of at least 4 members (excludes halogenated alkanes) is 6. The lowest BCUT2D eigenvalue weighted by Gasteiger charge is -2.21. The second kappa shape index (κ2) is 7.24. The third-order valence-corrected chi connectivity index (χ3v) is 3.13. The molecule has 0 atom stereocenters. The van der Waals surface area contributed by atoms with Crippen LogP contribution in [0.4, 0.5) is 0 Å². The molecule has 0 spiro atoms. The molecule has 0 amide bonds. The van der Waals surface area contributed by atoms with E-state index in [9.17, 15) is 0 Å². The Bertz CT molecular complexity index is 151. The first-order valence-electron chi connectivity index (χ1n) is 6.55. The lowest BCUT2D eigenvalue weighted by atomic mass is 10.1. The molecular formula is C13H26O2. The van der Waals surface area contributed by atoms with Gasteiger partial charge in [0, 0.05) is 6.42 Å². The Morgan fingerprint density at radius 3 is 2.00 bits per heavy atom. The molecule has 1 aliphatic heterocycles. The van der Waals surface area contributed by atoms with Gasteiger partial charge in [-0.1, -0.05) is 45.4 Å². The summed E-state index contributed by atoms with van der Waals surface area (Å²) in [7, 11) is 0. The van der Waals surface area contributed by atoms with Crippen LogP contribution in [-0.2, 0) is 9.47 Å². The lowest BCUT2D eigenvalue weighted by molar-refractivity contribution is -0.147. The van der Waals surface area contributed by atoms with Crippen molar-refractivity contribution >= 4 is 0 Å². The molecule has 2 heteroatoms. The van der Waals surface area contributed by atoms with Crippen molar-refractivity contribution in [2.24, 2.45) is 0 Å². The lowest BCUT2D eigenvalue weighted by Crippen LogP contribution is -2.24. The summed E-state index contributed by atoms with van der Waals surface area (Å²) in [5, 5.41) is 0. The molecule has 1 rings (SSSR count). The summed E-state index contributed by atoms with van der Waals surface area (Å²) in [5.74, 6) is -0.260. The Balaban J connectivity index is 1.88. The summed E-state index contributed by atoms with van der Waals surface area (Å²) in [5.41, 5.74) is 0. The molecule has 0 bridgehead atoms. The van der Waals surface area contributed by atoms with Gasteiger partial charge in [-0.15, -0.1) is 0 Å². The highest BCUT2D eigenvalue weighted by molar-refractivity contribution is 4.67. The predicted octanol–water partition coefficient (Wildman–Crippen LogP) is 3.89. The third kappa shape index (κ3) is 5.53. The molecule has 90 valence electrons. The van der Waals surface area contributed by atoms with Gasteiger partial charge in [0.15, 0.2) is 5.79 Å².